The van der Waals surface area contributed by atoms with Gasteiger partial charge in [0.15, 0.2) is 0 Å². The number of hydrogen-bond donors (Lipinski definition) is 1. The first-order valence-electron chi connectivity index (χ1n) is 10.1. The van der Waals surface area contributed by atoms with Crippen molar-refractivity contribution in [3.8, 4) is 5.75 Å². The Bertz CT molecular complexity index is 1250. The zero-order valence-corrected chi connectivity index (χ0v) is 18.9. The molecule has 1 N–H and O–H groups in total. The Morgan fingerprint density at radius 3 is 2.69 bits per heavy atom. The van der Waals surface area contributed by atoms with Crippen LogP contribution in [0.2, 0.25) is 0 Å². The number of hydrogen-bond acceptors (Lipinski definition) is 5. The monoisotopic (exact) mass is 450 g/mol. The lowest BCUT2D eigenvalue weighted by Crippen LogP contribution is -2.12. The Morgan fingerprint density at radius 1 is 1.12 bits per heavy atom. The zero-order valence-electron chi connectivity index (χ0n) is 18.1. The van der Waals surface area contributed by atoms with Crippen LogP contribution in [0.5, 0.6) is 5.75 Å². The van der Waals surface area contributed by atoms with Crippen LogP contribution in [0, 0.1) is 26.6 Å². The highest BCUT2D eigenvalue weighted by molar-refractivity contribution is 7.12. The predicted octanol–water partition coefficient (Wildman–Crippen LogP) is 5.28. The van der Waals surface area contributed by atoms with Gasteiger partial charge in [-0.05, 0) is 72.7 Å². The Labute approximate surface area is 189 Å². The smallest absolute Gasteiger partial charge is 0.268 e. The van der Waals surface area contributed by atoms with Crippen molar-refractivity contribution in [2.75, 3.05) is 5.32 Å². The van der Waals surface area contributed by atoms with Gasteiger partial charge >= 0.3 is 0 Å². The number of rotatable bonds is 7. The third-order valence-corrected chi connectivity index (χ3v) is 6.03. The molecule has 0 saturated heterocycles. The molecule has 0 spiro atoms. The maximum absolute atomic E-state index is 13.0. The molecule has 1 amide bonds. The van der Waals surface area contributed by atoms with Crippen molar-refractivity contribution in [2.24, 2.45) is 0 Å². The number of ether oxygens (including phenoxy) is 1. The van der Waals surface area contributed by atoms with Gasteiger partial charge in [-0.3, -0.25) is 10.1 Å². The van der Waals surface area contributed by atoms with Gasteiger partial charge in [0.1, 0.15) is 24.5 Å². The minimum atomic E-state index is -0.287. The summed E-state index contributed by atoms with van der Waals surface area (Å²) in [6, 6.07) is 12.1. The molecule has 0 bridgehead atoms. The van der Waals surface area contributed by atoms with E-state index in [0.717, 1.165) is 28.0 Å². The molecule has 0 aliphatic heterocycles. The SMILES string of the molecule is Cc1cc(C)c(C)c(OCc2csc(C(=O)Nc3ncn(Cc4ccc(F)cc4)n3)c2)c1. The van der Waals surface area contributed by atoms with E-state index in [9.17, 15) is 9.18 Å². The van der Waals surface area contributed by atoms with Crippen LogP contribution in [-0.2, 0) is 13.2 Å². The van der Waals surface area contributed by atoms with E-state index < -0.39 is 0 Å². The second-order valence-corrected chi connectivity index (χ2v) is 8.57. The van der Waals surface area contributed by atoms with E-state index in [1.54, 1.807) is 16.8 Å². The van der Waals surface area contributed by atoms with E-state index in [2.05, 4.69) is 28.4 Å². The minimum absolute atomic E-state index is 0.217. The number of aryl methyl sites for hydroxylation is 2. The highest BCUT2D eigenvalue weighted by atomic mass is 32.1. The van der Waals surface area contributed by atoms with Gasteiger partial charge in [0.05, 0.1) is 11.4 Å². The molecule has 8 heteroatoms. The number of halogens is 1. The first-order chi connectivity index (χ1) is 15.4. The van der Waals surface area contributed by atoms with E-state index in [1.807, 2.05) is 31.4 Å². The Balaban J connectivity index is 1.35. The molecule has 2 aromatic heterocycles. The van der Waals surface area contributed by atoms with Gasteiger partial charge in [-0.1, -0.05) is 18.2 Å². The summed E-state index contributed by atoms with van der Waals surface area (Å²) in [6.07, 6.45) is 1.53. The second kappa shape index (κ2) is 9.32. The second-order valence-electron chi connectivity index (χ2n) is 7.66. The molecule has 164 valence electrons. The fourth-order valence-corrected chi connectivity index (χ4v) is 4.04. The van der Waals surface area contributed by atoms with Crippen LogP contribution >= 0.6 is 11.3 Å². The van der Waals surface area contributed by atoms with Gasteiger partial charge in [0.2, 0.25) is 5.95 Å². The molecule has 4 aromatic rings. The van der Waals surface area contributed by atoms with Crippen LogP contribution in [-0.4, -0.2) is 20.7 Å². The lowest BCUT2D eigenvalue weighted by atomic mass is 10.1. The van der Waals surface area contributed by atoms with E-state index in [-0.39, 0.29) is 17.7 Å². The maximum atomic E-state index is 13.0. The molecule has 0 aliphatic rings. The summed E-state index contributed by atoms with van der Waals surface area (Å²) in [5.41, 5.74) is 5.27. The largest absolute Gasteiger partial charge is 0.489 e. The quantitative estimate of drug-likeness (QED) is 0.416. The molecule has 32 heavy (non-hydrogen) atoms. The van der Waals surface area contributed by atoms with E-state index in [1.165, 1.54) is 35.4 Å². The number of benzene rings is 2. The molecule has 2 aromatic carbocycles. The number of amides is 1. The summed E-state index contributed by atoms with van der Waals surface area (Å²) in [6.45, 7) is 6.97. The number of carbonyl (C=O) groups excluding carboxylic acids is 1. The first-order valence-corrected chi connectivity index (χ1v) is 11.0. The average molecular weight is 451 g/mol. The summed E-state index contributed by atoms with van der Waals surface area (Å²) in [4.78, 5) is 17.3. The van der Waals surface area contributed by atoms with Crippen molar-refractivity contribution in [1.82, 2.24) is 14.8 Å². The lowest BCUT2D eigenvalue weighted by Gasteiger charge is -2.11. The maximum Gasteiger partial charge on any atom is 0.268 e. The van der Waals surface area contributed by atoms with Gasteiger partial charge in [-0.2, -0.15) is 0 Å². The number of nitrogens with one attached hydrogen (secondary N) is 1. The third-order valence-electron chi connectivity index (χ3n) is 5.06. The number of carbonyl (C=O) groups is 1. The molecule has 0 aliphatic carbocycles. The van der Waals surface area contributed by atoms with Crippen LogP contribution in [0.4, 0.5) is 10.3 Å². The molecule has 0 atom stereocenters. The van der Waals surface area contributed by atoms with Crippen molar-refractivity contribution in [1.29, 1.82) is 0 Å². The number of anilines is 1. The summed E-state index contributed by atoms with van der Waals surface area (Å²) in [7, 11) is 0. The Hall–Kier alpha value is -3.52. The summed E-state index contributed by atoms with van der Waals surface area (Å²) in [5, 5.41) is 8.88. The normalized spacial score (nSPS) is 10.9. The molecule has 2 heterocycles. The molecular formula is C24H23FN4O2S. The van der Waals surface area contributed by atoms with E-state index in [0.29, 0.717) is 18.0 Å². The van der Waals surface area contributed by atoms with Gasteiger partial charge < -0.3 is 4.74 Å². The van der Waals surface area contributed by atoms with Crippen LogP contribution in [0.25, 0.3) is 0 Å². The minimum Gasteiger partial charge on any atom is -0.489 e. The van der Waals surface area contributed by atoms with E-state index in [4.69, 9.17) is 4.74 Å². The number of thiophene rings is 1. The van der Waals surface area contributed by atoms with Gasteiger partial charge in [-0.15, -0.1) is 16.4 Å². The molecule has 0 saturated carbocycles. The fourth-order valence-electron chi connectivity index (χ4n) is 3.25. The Kier molecular flexibility index (Phi) is 6.32. The van der Waals surface area contributed by atoms with E-state index >= 15 is 0 Å². The number of nitrogens with zero attached hydrogens (tertiary/aromatic N) is 3. The van der Waals surface area contributed by atoms with Crippen molar-refractivity contribution in [3.63, 3.8) is 0 Å². The van der Waals surface area contributed by atoms with Crippen molar-refractivity contribution in [3.05, 3.63) is 92.7 Å². The van der Waals surface area contributed by atoms with Crippen LogP contribution in [0.1, 0.15) is 37.5 Å². The van der Waals surface area contributed by atoms with Crippen LogP contribution in [0.15, 0.2) is 54.2 Å². The summed E-state index contributed by atoms with van der Waals surface area (Å²) >= 11 is 1.34. The zero-order chi connectivity index (χ0) is 22.7. The van der Waals surface area contributed by atoms with Crippen molar-refractivity contribution < 1.29 is 13.9 Å². The van der Waals surface area contributed by atoms with Gasteiger partial charge in [0, 0.05) is 5.56 Å². The lowest BCUT2D eigenvalue weighted by molar-refractivity contribution is 0.102. The molecule has 4 rings (SSSR count). The predicted molar refractivity (Wildman–Crippen MR) is 123 cm³/mol. The van der Waals surface area contributed by atoms with Crippen molar-refractivity contribution in [2.45, 2.75) is 33.9 Å². The molecule has 0 fully saturated rings. The molecule has 6 nitrogen and oxygen atoms in total. The van der Waals surface area contributed by atoms with Crippen LogP contribution in [0.3, 0.4) is 0 Å². The topological polar surface area (TPSA) is 69.0 Å². The average Bonchev–Trinajstić information content (AvgIpc) is 3.41. The number of aromatic nitrogens is 3. The summed E-state index contributed by atoms with van der Waals surface area (Å²) in [5.74, 6) is 0.512. The van der Waals surface area contributed by atoms with Crippen molar-refractivity contribution >= 4 is 23.2 Å². The van der Waals surface area contributed by atoms with Gasteiger partial charge in [-0.25, -0.2) is 14.1 Å². The highest BCUT2D eigenvalue weighted by Crippen LogP contribution is 2.25. The first kappa shape index (κ1) is 21.7. The summed E-state index contributed by atoms with van der Waals surface area (Å²) < 4.78 is 20.6. The molecular weight excluding hydrogens is 427 g/mol. The van der Waals surface area contributed by atoms with Gasteiger partial charge in [0.25, 0.3) is 5.91 Å². The molecule has 0 radical (unpaired) electrons. The molecule has 0 unspecified atom stereocenters. The Morgan fingerprint density at radius 2 is 1.91 bits per heavy atom. The highest BCUT2D eigenvalue weighted by Gasteiger charge is 2.13. The van der Waals surface area contributed by atoms with Crippen LogP contribution < -0.4 is 10.1 Å². The standard InChI is InChI=1S/C24H23FN4O2S/c1-15-8-16(2)17(3)21(9-15)31-12-19-10-22(32-13-19)23(30)27-24-26-14-29(28-24)11-18-4-6-20(25)7-5-18/h4-10,13-14H,11-12H2,1-3H3,(H,27,28,30). The fraction of sp³-hybridized carbons (Fsp3) is 0.208. The third kappa shape index (κ3) is 5.20.